The van der Waals surface area contributed by atoms with Crippen LogP contribution in [-0.2, 0) is 14.3 Å². The third-order valence-electron chi connectivity index (χ3n) is 5.41. The molecule has 2 aliphatic carbocycles. The van der Waals surface area contributed by atoms with Crippen LogP contribution in [0.25, 0.3) is 0 Å². The first-order valence-electron chi connectivity index (χ1n) is 9.52. The Morgan fingerprint density at radius 1 is 1.36 bits per heavy atom. The second kappa shape index (κ2) is 9.34. The van der Waals surface area contributed by atoms with Crippen LogP contribution in [0.3, 0.4) is 0 Å². The zero-order valence-corrected chi connectivity index (χ0v) is 15.4. The summed E-state index contributed by atoms with van der Waals surface area (Å²) in [5, 5.41) is 12.2. The Morgan fingerprint density at radius 3 is 2.60 bits per heavy atom. The van der Waals surface area contributed by atoms with Crippen LogP contribution < -0.4 is 11.1 Å². The summed E-state index contributed by atoms with van der Waals surface area (Å²) in [5.41, 5.74) is 6.42. The second-order valence-electron chi connectivity index (χ2n) is 7.46. The fraction of sp³-hybridized carbons (Fsp3) is 0.789. The highest BCUT2D eigenvalue weighted by atomic mass is 16.5. The number of hydrogen-bond acceptors (Lipinski definition) is 4. The maximum Gasteiger partial charge on any atom is 0.331 e. The number of carbonyl (C=O) groups is 2. The van der Waals surface area contributed by atoms with Gasteiger partial charge in [0.15, 0.2) is 0 Å². The molecule has 25 heavy (non-hydrogen) atoms. The summed E-state index contributed by atoms with van der Waals surface area (Å²) in [5.74, 6) is -0.467. The largest absolute Gasteiger partial charge is 0.478 e. The molecule has 4 atom stereocenters. The molecule has 0 bridgehead atoms. The third kappa shape index (κ3) is 5.82. The normalized spacial score (nSPS) is 28.9. The number of rotatable bonds is 7. The Morgan fingerprint density at radius 2 is 2.04 bits per heavy atom. The molecule has 0 spiro atoms. The van der Waals surface area contributed by atoms with Crippen LogP contribution in [0.4, 0.5) is 0 Å². The summed E-state index contributed by atoms with van der Waals surface area (Å²) >= 11 is 0. The molecule has 6 heteroatoms. The lowest BCUT2D eigenvalue weighted by Crippen LogP contribution is -2.57. The molecule has 4 N–H and O–H groups in total. The van der Waals surface area contributed by atoms with E-state index in [1.54, 1.807) is 6.08 Å². The lowest BCUT2D eigenvalue weighted by Gasteiger charge is -2.37. The highest BCUT2D eigenvalue weighted by molar-refractivity contribution is 5.87. The van der Waals surface area contributed by atoms with Gasteiger partial charge in [-0.3, -0.25) is 4.79 Å². The van der Waals surface area contributed by atoms with E-state index < -0.39 is 18.1 Å². The van der Waals surface area contributed by atoms with Crippen molar-refractivity contribution in [1.29, 1.82) is 0 Å². The van der Waals surface area contributed by atoms with E-state index in [9.17, 15) is 14.7 Å². The van der Waals surface area contributed by atoms with Gasteiger partial charge in [0.1, 0.15) is 0 Å². The van der Waals surface area contributed by atoms with Crippen LogP contribution in [0.15, 0.2) is 11.6 Å². The van der Waals surface area contributed by atoms with Crippen molar-refractivity contribution in [2.24, 2.45) is 11.7 Å². The molecular formula is C19H32N2O4. The quantitative estimate of drug-likeness (QED) is 0.653. The molecule has 0 heterocycles. The molecular weight excluding hydrogens is 320 g/mol. The molecule has 1 amide bonds. The summed E-state index contributed by atoms with van der Waals surface area (Å²) in [7, 11) is 0. The molecule has 2 aliphatic rings. The number of carbonyl (C=O) groups excluding carboxylic acids is 1. The zero-order chi connectivity index (χ0) is 18.4. The fourth-order valence-corrected chi connectivity index (χ4v) is 4.04. The number of aliphatic carboxylic acids is 1. The minimum absolute atomic E-state index is 0.0564. The van der Waals surface area contributed by atoms with Crippen LogP contribution in [0, 0.1) is 5.92 Å². The van der Waals surface area contributed by atoms with E-state index in [1.807, 2.05) is 0 Å². The monoisotopic (exact) mass is 352 g/mol. The summed E-state index contributed by atoms with van der Waals surface area (Å²) in [6.07, 6.45) is 9.67. The highest BCUT2D eigenvalue weighted by Crippen LogP contribution is 2.30. The van der Waals surface area contributed by atoms with Crippen molar-refractivity contribution in [1.82, 2.24) is 5.32 Å². The fourth-order valence-electron chi connectivity index (χ4n) is 4.04. The Kier molecular flexibility index (Phi) is 7.44. The number of carboxylic acids is 1. The van der Waals surface area contributed by atoms with Gasteiger partial charge in [-0.1, -0.05) is 39.0 Å². The SMILES string of the molecule is CC[C@@H](CC1CCCCC1)O[C@@H]1C=C(C(=O)O)C[C@H](N)[C@H]1NC(C)=O. The highest BCUT2D eigenvalue weighted by Gasteiger charge is 2.36. The van der Waals surface area contributed by atoms with Crippen LogP contribution in [0.2, 0.25) is 0 Å². The molecule has 0 aliphatic heterocycles. The molecule has 0 aromatic carbocycles. The first kappa shape index (κ1) is 19.9. The minimum atomic E-state index is -0.967. The molecule has 1 saturated carbocycles. The van der Waals surface area contributed by atoms with E-state index >= 15 is 0 Å². The van der Waals surface area contributed by atoms with Crippen LogP contribution in [0.5, 0.6) is 0 Å². The van der Waals surface area contributed by atoms with Gasteiger partial charge in [-0.2, -0.15) is 0 Å². The number of hydrogen-bond donors (Lipinski definition) is 3. The third-order valence-corrected chi connectivity index (χ3v) is 5.41. The second-order valence-corrected chi connectivity index (χ2v) is 7.46. The van der Waals surface area contributed by atoms with Crippen LogP contribution in [-0.4, -0.2) is 41.3 Å². The Labute approximate surface area is 150 Å². The van der Waals surface area contributed by atoms with Crippen molar-refractivity contribution in [2.75, 3.05) is 0 Å². The lowest BCUT2D eigenvalue weighted by molar-refractivity contribution is -0.133. The van der Waals surface area contributed by atoms with Gasteiger partial charge >= 0.3 is 5.97 Å². The zero-order valence-electron chi connectivity index (χ0n) is 15.4. The van der Waals surface area contributed by atoms with Gasteiger partial charge in [0, 0.05) is 18.5 Å². The molecule has 1 fully saturated rings. The summed E-state index contributed by atoms with van der Waals surface area (Å²) in [6, 6.07) is -0.849. The van der Waals surface area contributed by atoms with Gasteiger partial charge in [0.25, 0.3) is 0 Å². The molecule has 0 unspecified atom stereocenters. The molecule has 0 saturated heterocycles. The molecule has 0 aromatic rings. The van der Waals surface area contributed by atoms with E-state index in [0.717, 1.165) is 12.8 Å². The summed E-state index contributed by atoms with van der Waals surface area (Å²) < 4.78 is 6.27. The molecule has 6 nitrogen and oxygen atoms in total. The molecule has 2 rings (SSSR count). The van der Waals surface area contributed by atoms with E-state index in [4.69, 9.17) is 10.5 Å². The minimum Gasteiger partial charge on any atom is -0.478 e. The van der Waals surface area contributed by atoms with Crippen LogP contribution in [0.1, 0.15) is 65.2 Å². The van der Waals surface area contributed by atoms with E-state index in [0.29, 0.717) is 5.92 Å². The first-order valence-corrected chi connectivity index (χ1v) is 9.52. The number of carboxylic acid groups (broad SMARTS) is 1. The summed E-state index contributed by atoms with van der Waals surface area (Å²) in [4.78, 5) is 22.9. The maximum absolute atomic E-state index is 11.5. The molecule has 142 valence electrons. The van der Waals surface area contributed by atoms with Gasteiger partial charge < -0.3 is 20.9 Å². The predicted octanol–water partition coefficient (Wildman–Crippen LogP) is 2.37. The Bertz CT molecular complexity index is 500. The number of ether oxygens (including phenoxy) is 1. The summed E-state index contributed by atoms with van der Waals surface area (Å²) in [6.45, 7) is 3.53. The number of amides is 1. The lowest BCUT2D eigenvalue weighted by atomic mass is 9.84. The standard InChI is InChI=1S/C19H32N2O4/c1-3-15(9-13-7-5-4-6-8-13)25-17-11-14(19(23)24)10-16(20)18(17)21-12(2)22/h11,13,15-18H,3-10,20H2,1-2H3,(H,21,22)(H,23,24)/t15-,16-,17+,18+/m0/s1. The van der Waals surface area contributed by atoms with Gasteiger partial charge in [0.05, 0.1) is 18.2 Å². The first-order chi connectivity index (χ1) is 11.9. The van der Waals surface area contributed by atoms with Gasteiger partial charge in [-0.05, 0) is 31.3 Å². The number of nitrogens with two attached hydrogens (primary N) is 1. The number of nitrogens with one attached hydrogen (secondary N) is 1. The predicted molar refractivity (Wildman–Crippen MR) is 96.1 cm³/mol. The van der Waals surface area contributed by atoms with E-state index in [1.165, 1.54) is 39.0 Å². The van der Waals surface area contributed by atoms with Gasteiger partial charge in [-0.15, -0.1) is 0 Å². The van der Waals surface area contributed by atoms with Crippen molar-refractivity contribution >= 4 is 11.9 Å². The van der Waals surface area contributed by atoms with E-state index in [2.05, 4.69) is 12.2 Å². The van der Waals surface area contributed by atoms with Gasteiger partial charge in [-0.25, -0.2) is 4.79 Å². The van der Waals surface area contributed by atoms with Crippen molar-refractivity contribution in [3.8, 4) is 0 Å². The topological polar surface area (TPSA) is 102 Å². The van der Waals surface area contributed by atoms with Crippen LogP contribution >= 0.6 is 0 Å². The smallest absolute Gasteiger partial charge is 0.331 e. The molecule has 0 aromatic heterocycles. The van der Waals surface area contributed by atoms with Crippen molar-refractivity contribution in [2.45, 2.75) is 89.5 Å². The Balaban J connectivity index is 2.09. The van der Waals surface area contributed by atoms with Crippen molar-refractivity contribution in [3.63, 3.8) is 0 Å². The average molecular weight is 352 g/mol. The van der Waals surface area contributed by atoms with E-state index in [-0.39, 0.29) is 30.0 Å². The average Bonchev–Trinajstić information content (AvgIpc) is 2.57. The molecule has 0 radical (unpaired) electrons. The van der Waals surface area contributed by atoms with Crippen molar-refractivity contribution < 1.29 is 19.4 Å². The van der Waals surface area contributed by atoms with Gasteiger partial charge in [0.2, 0.25) is 5.91 Å². The maximum atomic E-state index is 11.5. The Hall–Kier alpha value is -1.40. The van der Waals surface area contributed by atoms with Crippen molar-refractivity contribution in [3.05, 3.63) is 11.6 Å².